The van der Waals surface area contributed by atoms with Gasteiger partial charge in [-0.05, 0) is 49.4 Å². The van der Waals surface area contributed by atoms with Crippen molar-refractivity contribution in [2.45, 2.75) is 31.8 Å². The molecule has 1 aromatic heterocycles. The van der Waals surface area contributed by atoms with Crippen molar-refractivity contribution in [2.24, 2.45) is 5.92 Å². The molecule has 1 saturated heterocycles. The number of aromatic nitrogens is 1. The molecule has 5 heteroatoms. The van der Waals surface area contributed by atoms with Crippen molar-refractivity contribution in [1.82, 2.24) is 9.88 Å². The number of likely N-dealkylation sites (tertiary alicyclic amines) is 1. The van der Waals surface area contributed by atoms with E-state index < -0.39 is 6.10 Å². The summed E-state index contributed by atoms with van der Waals surface area (Å²) in [7, 11) is 0. The van der Waals surface area contributed by atoms with Gasteiger partial charge in [0, 0.05) is 25.7 Å². The first-order valence-corrected chi connectivity index (χ1v) is 9.28. The number of nitrogens with zero attached hydrogens (tertiary/aromatic N) is 2. The van der Waals surface area contributed by atoms with Gasteiger partial charge in [0.1, 0.15) is 5.75 Å². The Hall–Kier alpha value is -2.40. The van der Waals surface area contributed by atoms with Crippen LogP contribution in [0.15, 0.2) is 54.7 Å². The van der Waals surface area contributed by atoms with Gasteiger partial charge in [-0.3, -0.25) is 9.78 Å². The van der Waals surface area contributed by atoms with Gasteiger partial charge in [0.15, 0.2) is 0 Å². The Morgan fingerprint density at radius 2 is 1.88 bits per heavy atom. The third-order valence-corrected chi connectivity index (χ3v) is 4.88. The van der Waals surface area contributed by atoms with Crippen LogP contribution in [0, 0.1) is 5.92 Å². The number of amides is 1. The monoisotopic (exact) mass is 354 g/mol. The van der Waals surface area contributed by atoms with E-state index in [0.29, 0.717) is 32.5 Å². The largest absolute Gasteiger partial charge is 0.494 e. The number of carbonyl (C=O) groups is 1. The predicted molar refractivity (Wildman–Crippen MR) is 99.7 cm³/mol. The van der Waals surface area contributed by atoms with Crippen molar-refractivity contribution >= 4 is 5.91 Å². The Balaban J connectivity index is 1.37. The lowest BCUT2D eigenvalue weighted by atomic mass is 9.89. The second-order valence-electron chi connectivity index (χ2n) is 6.68. The van der Waals surface area contributed by atoms with Gasteiger partial charge in [0.25, 0.3) is 0 Å². The summed E-state index contributed by atoms with van der Waals surface area (Å²) in [5, 5.41) is 10.5. The van der Waals surface area contributed by atoms with Gasteiger partial charge in [-0.15, -0.1) is 0 Å². The van der Waals surface area contributed by atoms with Crippen LogP contribution in [0.1, 0.15) is 37.5 Å². The molecule has 1 N–H and O–H groups in total. The molecule has 2 heterocycles. The predicted octanol–water partition coefficient (Wildman–Crippen LogP) is 3.21. The number of aliphatic hydroxyl groups excluding tert-OH is 1. The van der Waals surface area contributed by atoms with E-state index in [1.54, 1.807) is 6.20 Å². The Bertz CT molecular complexity index is 670. The minimum absolute atomic E-state index is 0.162. The Kier molecular flexibility index (Phi) is 6.61. The summed E-state index contributed by atoms with van der Waals surface area (Å²) in [4.78, 5) is 18.5. The average Bonchev–Trinajstić information content (AvgIpc) is 2.72. The molecule has 1 aliphatic rings. The van der Waals surface area contributed by atoms with Crippen LogP contribution < -0.4 is 4.74 Å². The summed E-state index contributed by atoms with van der Waals surface area (Å²) < 4.78 is 5.63. The number of ether oxygens (including phenoxy) is 1. The van der Waals surface area contributed by atoms with Gasteiger partial charge in [0.05, 0.1) is 18.4 Å². The fraction of sp³-hybridized carbons (Fsp3) is 0.429. The van der Waals surface area contributed by atoms with E-state index in [9.17, 15) is 9.90 Å². The van der Waals surface area contributed by atoms with E-state index in [1.807, 2.05) is 53.4 Å². The van der Waals surface area contributed by atoms with E-state index in [0.717, 1.165) is 24.3 Å². The molecule has 0 spiro atoms. The van der Waals surface area contributed by atoms with E-state index in [4.69, 9.17) is 4.74 Å². The SMILES string of the molecule is O=C(CCCOc1ccccc1)N1CCC([C@H](O)c2ccccn2)CC1. The minimum atomic E-state index is -0.548. The van der Waals surface area contributed by atoms with Crippen molar-refractivity contribution in [3.63, 3.8) is 0 Å². The molecular formula is C21H26N2O3. The maximum Gasteiger partial charge on any atom is 0.222 e. The number of para-hydroxylation sites is 1. The van der Waals surface area contributed by atoms with Gasteiger partial charge in [0.2, 0.25) is 5.91 Å². The number of benzene rings is 1. The van der Waals surface area contributed by atoms with Gasteiger partial charge in [-0.1, -0.05) is 24.3 Å². The second kappa shape index (κ2) is 9.34. The lowest BCUT2D eigenvalue weighted by Gasteiger charge is -2.34. The first-order chi connectivity index (χ1) is 12.7. The highest BCUT2D eigenvalue weighted by molar-refractivity contribution is 5.76. The van der Waals surface area contributed by atoms with Crippen molar-refractivity contribution in [2.75, 3.05) is 19.7 Å². The molecule has 1 aliphatic heterocycles. The molecule has 1 aromatic carbocycles. The quantitative estimate of drug-likeness (QED) is 0.776. The normalized spacial score (nSPS) is 16.3. The maximum absolute atomic E-state index is 12.4. The Morgan fingerprint density at radius 1 is 1.15 bits per heavy atom. The Morgan fingerprint density at radius 3 is 2.58 bits per heavy atom. The molecule has 0 bridgehead atoms. The van der Waals surface area contributed by atoms with Crippen molar-refractivity contribution in [1.29, 1.82) is 0 Å². The zero-order valence-electron chi connectivity index (χ0n) is 15.0. The number of piperidine rings is 1. The van der Waals surface area contributed by atoms with Crippen LogP contribution >= 0.6 is 0 Å². The first-order valence-electron chi connectivity index (χ1n) is 9.28. The molecule has 2 aromatic rings. The summed E-state index contributed by atoms with van der Waals surface area (Å²) >= 11 is 0. The first kappa shape index (κ1) is 18.4. The molecule has 138 valence electrons. The van der Waals surface area contributed by atoms with Crippen LogP contribution in [0.3, 0.4) is 0 Å². The highest BCUT2D eigenvalue weighted by Gasteiger charge is 2.28. The number of hydrogen-bond acceptors (Lipinski definition) is 4. The van der Waals surface area contributed by atoms with E-state index in [-0.39, 0.29) is 11.8 Å². The topological polar surface area (TPSA) is 62.7 Å². The smallest absolute Gasteiger partial charge is 0.222 e. The minimum Gasteiger partial charge on any atom is -0.494 e. The van der Waals surface area contributed by atoms with Crippen molar-refractivity contribution in [3.05, 3.63) is 60.4 Å². The van der Waals surface area contributed by atoms with Gasteiger partial charge < -0.3 is 14.7 Å². The highest BCUT2D eigenvalue weighted by atomic mass is 16.5. The summed E-state index contributed by atoms with van der Waals surface area (Å²) in [6, 6.07) is 15.2. The third kappa shape index (κ3) is 5.05. The van der Waals surface area contributed by atoms with E-state index >= 15 is 0 Å². The van der Waals surface area contributed by atoms with E-state index in [2.05, 4.69) is 4.98 Å². The summed E-state index contributed by atoms with van der Waals surface area (Å²) in [5.74, 6) is 1.17. The fourth-order valence-corrected chi connectivity index (χ4v) is 3.35. The molecule has 0 radical (unpaired) electrons. The van der Waals surface area contributed by atoms with Crippen molar-refractivity contribution in [3.8, 4) is 5.75 Å². The fourth-order valence-electron chi connectivity index (χ4n) is 3.35. The number of hydrogen-bond donors (Lipinski definition) is 1. The zero-order chi connectivity index (χ0) is 18.2. The van der Waals surface area contributed by atoms with Gasteiger partial charge in [-0.2, -0.15) is 0 Å². The number of carbonyl (C=O) groups excluding carboxylic acids is 1. The molecule has 1 amide bonds. The number of aliphatic hydroxyl groups is 1. The molecule has 26 heavy (non-hydrogen) atoms. The zero-order valence-corrected chi connectivity index (χ0v) is 15.0. The number of rotatable bonds is 7. The molecular weight excluding hydrogens is 328 g/mol. The summed E-state index contributed by atoms with van der Waals surface area (Å²) in [5.41, 5.74) is 0.718. The summed E-state index contributed by atoms with van der Waals surface area (Å²) in [6.45, 7) is 1.95. The molecule has 5 nitrogen and oxygen atoms in total. The molecule has 0 aliphatic carbocycles. The molecule has 1 atom stereocenters. The molecule has 0 saturated carbocycles. The molecule has 1 fully saturated rings. The van der Waals surface area contributed by atoms with Gasteiger partial charge in [-0.25, -0.2) is 0 Å². The van der Waals surface area contributed by atoms with Crippen LogP contribution in [-0.4, -0.2) is 40.6 Å². The second-order valence-corrected chi connectivity index (χ2v) is 6.68. The van der Waals surface area contributed by atoms with Crippen LogP contribution in [-0.2, 0) is 4.79 Å². The molecule has 0 unspecified atom stereocenters. The standard InChI is InChI=1S/C21H26N2O3/c24-20(10-6-16-26-18-7-2-1-3-8-18)23-14-11-17(12-15-23)21(25)19-9-4-5-13-22-19/h1-5,7-9,13,17,21,25H,6,10-12,14-16H2/t21-/m0/s1. The molecule has 3 rings (SSSR count). The Labute approximate surface area is 154 Å². The average molecular weight is 354 g/mol. The number of pyridine rings is 1. The summed E-state index contributed by atoms with van der Waals surface area (Å²) in [6.07, 6.45) is 3.99. The third-order valence-electron chi connectivity index (χ3n) is 4.88. The van der Waals surface area contributed by atoms with E-state index in [1.165, 1.54) is 0 Å². The van der Waals surface area contributed by atoms with Crippen molar-refractivity contribution < 1.29 is 14.6 Å². The van der Waals surface area contributed by atoms with Gasteiger partial charge >= 0.3 is 0 Å². The maximum atomic E-state index is 12.4. The highest BCUT2D eigenvalue weighted by Crippen LogP contribution is 2.29. The van der Waals surface area contributed by atoms with Crippen LogP contribution in [0.2, 0.25) is 0 Å². The van der Waals surface area contributed by atoms with Crippen LogP contribution in [0.5, 0.6) is 5.75 Å². The lowest BCUT2D eigenvalue weighted by Crippen LogP contribution is -2.39. The van der Waals surface area contributed by atoms with Crippen LogP contribution in [0.25, 0.3) is 0 Å². The lowest BCUT2D eigenvalue weighted by molar-refractivity contribution is -0.133. The van der Waals surface area contributed by atoms with Crippen LogP contribution in [0.4, 0.5) is 0 Å².